The van der Waals surface area contributed by atoms with Gasteiger partial charge in [0.05, 0.1) is 5.69 Å². The van der Waals surface area contributed by atoms with E-state index in [1.54, 1.807) is 29.4 Å². The van der Waals surface area contributed by atoms with E-state index in [9.17, 15) is 4.79 Å². The van der Waals surface area contributed by atoms with Gasteiger partial charge in [0, 0.05) is 24.3 Å². The number of benzene rings is 1. The van der Waals surface area contributed by atoms with Crippen LogP contribution in [0.4, 0.5) is 0 Å². The molecule has 0 N–H and O–H groups in total. The maximum absolute atomic E-state index is 12.1. The molecule has 0 saturated heterocycles. The fraction of sp³-hybridized carbons (Fsp3) is 0.412. The Bertz CT molecular complexity index is 699. The molecule has 0 spiro atoms. The van der Waals surface area contributed by atoms with Gasteiger partial charge in [-0.15, -0.1) is 0 Å². The normalized spacial score (nSPS) is 11.7. The summed E-state index contributed by atoms with van der Waals surface area (Å²) < 4.78 is 1.62. The summed E-state index contributed by atoms with van der Waals surface area (Å²) in [5.74, 6) is 0.820. The van der Waals surface area contributed by atoms with Gasteiger partial charge in [0.2, 0.25) is 0 Å². The molecule has 4 heteroatoms. The Morgan fingerprint density at radius 3 is 2.52 bits per heavy atom. The van der Waals surface area contributed by atoms with Gasteiger partial charge in [0.15, 0.2) is 5.16 Å². The van der Waals surface area contributed by atoms with Crippen LogP contribution in [0.1, 0.15) is 37.6 Å². The predicted octanol–water partition coefficient (Wildman–Crippen LogP) is 3.68. The second-order valence-electron chi connectivity index (χ2n) is 6.29. The third kappa shape index (κ3) is 3.76. The summed E-state index contributed by atoms with van der Waals surface area (Å²) in [4.78, 5) is 16.8. The summed E-state index contributed by atoms with van der Waals surface area (Å²) in [5, 5.41) is 0.774. The Balaban J connectivity index is 2.30. The number of hydrogen-bond donors (Lipinski definition) is 0. The standard InChI is InChI=1S/C17H22N2OS/c1-12-8-6-7-9-13(12)11-21-16-18-14(17(2,3)4)10-15(20)19(16)5/h6-10H,11H2,1-5H3. The Morgan fingerprint density at radius 2 is 1.90 bits per heavy atom. The summed E-state index contributed by atoms with van der Waals surface area (Å²) in [5.41, 5.74) is 3.27. The summed E-state index contributed by atoms with van der Waals surface area (Å²) in [6.45, 7) is 8.33. The Kier molecular flexibility index (Phi) is 4.57. The number of thioether (sulfide) groups is 1. The van der Waals surface area contributed by atoms with Gasteiger partial charge in [-0.25, -0.2) is 4.98 Å². The van der Waals surface area contributed by atoms with Crippen LogP contribution in [-0.4, -0.2) is 9.55 Å². The average Bonchev–Trinajstić information content (AvgIpc) is 2.40. The highest BCUT2D eigenvalue weighted by Crippen LogP contribution is 2.25. The molecule has 21 heavy (non-hydrogen) atoms. The van der Waals surface area contributed by atoms with E-state index >= 15 is 0 Å². The van der Waals surface area contributed by atoms with Gasteiger partial charge in [0.1, 0.15) is 0 Å². The summed E-state index contributed by atoms with van der Waals surface area (Å²) in [6.07, 6.45) is 0. The topological polar surface area (TPSA) is 34.9 Å². The molecule has 112 valence electrons. The van der Waals surface area contributed by atoms with E-state index in [0.29, 0.717) is 0 Å². The minimum Gasteiger partial charge on any atom is -0.291 e. The lowest BCUT2D eigenvalue weighted by Crippen LogP contribution is -2.25. The monoisotopic (exact) mass is 302 g/mol. The minimum absolute atomic E-state index is 0.00205. The Hall–Kier alpha value is -1.55. The van der Waals surface area contributed by atoms with E-state index in [-0.39, 0.29) is 11.0 Å². The molecule has 0 radical (unpaired) electrons. The molecule has 3 nitrogen and oxygen atoms in total. The Morgan fingerprint density at radius 1 is 1.24 bits per heavy atom. The van der Waals surface area contributed by atoms with Crippen LogP contribution < -0.4 is 5.56 Å². The van der Waals surface area contributed by atoms with Crippen LogP contribution in [0.2, 0.25) is 0 Å². The molecule has 1 aromatic carbocycles. The molecule has 2 rings (SSSR count). The minimum atomic E-state index is -0.120. The summed E-state index contributed by atoms with van der Waals surface area (Å²) in [6, 6.07) is 9.94. The highest BCUT2D eigenvalue weighted by molar-refractivity contribution is 7.98. The number of hydrogen-bond acceptors (Lipinski definition) is 3. The molecule has 0 atom stereocenters. The van der Waals surface area contributed by atoms with Crippen LogP contribution in [0.5, 0.6) is 0 Å². The molecule has 0 aliphatic carbocycles. The first-order valence-corrected chi connectivity index (χ1v) is 8.03. The quantitative estimate of drug-likeness (QED) is 0.641. The lowest BCUT2D eigenvalue weighted by molar-refractivity contribution is 0.542. The van der Waals surface area contributed by atoms with Crippen molar-refractivity contribution >= 4 is 11.8 Å². The van der Waals surface area contributed by atoms with Gasteiger partial charge >= 0.3 is 0 Å². The highest BCUT2D eigenvalue weighted by Gasteiger charge is 2.18. The fourth-order valence-corrected chi connectivity index (χ4v) is 3.00. The van der Waals surface area contributed by atoms with Crippen molar-refractivity contribution in [2.75, 3.05) is 0 Å². The number of aromatic nitrogens is 2. The van der Waals surface area contributed by atoms with E-state index in [1.165, 1.54) is 11.1 Å². The summed E-state index contributed by atoms with van der Waals surface area (Å²) in [7, 11) is 1.78. The highest BCUT2D eigenvalue weighted by atomic mass is 32.2. The van der Waals surface area contributed by atoms with Crippen molar-refractivity contribution < 1.29 is 0 Å². The van der Waals surface area contributed by atoms with Crippen LogP contribution in [0, 0.1) is 6.92 Å². The predicted molar refractivity (Wildman–Crippen MR) is 88.9 cm³/mol. The second-order valence-corrected chi connectivity index (χ2v) is 7.23. The third-order valence-electron chi connectivity index (χ3n) is 3.48. The molecule has 0 bridgehead atoms. The molecule has 1 aromatic heterocycles. The first kappa shape index (κ1) is 15.8. The molecule has 0 saturated carbocycles. The molecule has 0 aliphatic rings. The molecule has 0 fully saturated rings. The maximum Gasteiger partial charge on any atom is 0.254 e. The zero-order chi connectivity index (χ0) is 15.6. The van der Waals surface area contributed by atoms with E-state index in [4.69, 9.17) is 0 Å². The molecular weight excluding hydrogens is 280 g/mol. The Labute approximate surface area is 130 Å². The number of nitrogens with zero attached hydrogens (tertiary/aromatic N) is 2. The van der Waals surface area contributed by atoms with E-state index in [2.05, 4.69) is 44.8 Å². The van der Waals surface area contributed by atoms with Crippen molar-refractivity contribution in [3.05, 3.63) is 57.5 Å². The van der Waals surface area contributed by atoms with Crippen molar-refractivity contribution in [1.29, 1.82) is 0 Å². The van der Waals surface area contributed by atoms with Crippen LogP contribution in [-0.2, 0) is 18.2 Å². The van der Waals surface area contributed by atoms with Crippen LogP contribution in [0.3, 0.4) is 0 Å². The molecule has 2 aromatic rings. The first-order chi connectivity index (χ1) is 9.79. The second kappa shape index (κ2) is 6.06. The van der Waals surface area contributed by atoms with Gasteiger partial charge in [-0.2, -0.15) is 0 Å². The van der Waals surface area contributed by atoms with Crippen molar-refractivity contribution in [2.45, 2.75) is 44.0 Å². The third-order valence-corrected chi connectivity index (χ3v) is 4.56. The van der Waals surface area contributed by atoms with E-state index in [1.807, 2.05) is 12.1 Å². The van der Waals surface area contributed by atoms with Crippen LogP contribution in [0.15, 0.2) is 40.3 Å². The van der Waals surface area contributed by atoms with E-state index < -0.39 is 0 Å². The van der Waals surface area contributed by atoms with Crippen molar-refractivity contribution in [3.63, 3.8) is 0 Å². The zero-order valence-electron chi connectivity index (χ0n) is 13.3. The SMILES string of the molecule is Cc1ccccc1CSc1nc(C(C)(C)C)cc(=O)n1C. The van der Waals surface area contributed by atoms with Gasteiger partial charge < -0.3 is 0 Å². The lowest BCUT2D eigenvalue weighted by Gasteiger charge is -2.19. The van der Waals surface area contributed by atoms with Gasteiger partial charge in [0.25, 0.3) is 5.56 Å². The zero-order valence-corrected chi connectivity index (χ0v) is 14.1. The van der Waals surface area contributed by atoms with Crippen LogP contribution >= 0.6 is 11.8 Å². The molecule has 0 aliphatic heterocycles. The molecule has 0 unspecified atom stereocenters. The van der Waals surface area contributed by atoms with Crippen molar-refractivity contribution in [1.82, 2.24) is 9.55 Å². The molecular formula is C17H22N2OS. The van der Waals surface area contributed by atoms with E-state index in [0.717, 1.165) is 16.6 Å². The van der Waals surface area contributed by atoms with Gasteiger partial charge in [-0.05, 0) is 18.1 Å². The van der Waals surface area contributed by atoms with Gasteiger partial charge in [-0.1, -0.05) is 56.8 Å². The maximum atomic E-state index is 12.1. The largest absolute Gasteiger partial charge is 0.291 e. The molecule has 0 amide bonds. The fourth-order valence-electron chi connectivity index (χ4n) is 1.95. The van der Waals surface area contributed by atoms with Gasteiger partial charge in [-0.3, -0.25) is 9.36 Å². The van der Waals surface area contributed by atoms with Crippen molar-refractivity contribution in [2.24, 2.45) is 7.05 Å². The van der Waals surface area contributed by atoms with Crippen LogP contribution in [0.25, 0.3) is 0 Å². The summed E-state index contributed by atoms with van der Waals surface area (Å²) >= 11 is 1.61. The lowest BCUT2D eigenvalue weighted by atomic mass is 9.92. The van der Waals surface area contributed by atoms with Crippen molar-refractivity contribution in [3.8, 4) is 0 Å². The first-order valence-electron chi connectivity index (χ1n) is 7.05. The average molecular weight is 302 g/mol. The number of rotatable bonds is 3. The number of aryl methyl sites for hydroxylation is 1. The molecule has 1 heterocycles. The smallest absolute Gasteiger partial charge is 0.254 e.